The smallest absolute Gasteiger partial charge is 0.253 e. The summed E-state index contributed by atoms with van der Waals surface area (Å²) in [6.45, 7) is 6.63. The zero-order valence-electron chi connectivity index (χ0n) is 22.8. The molecule has 3 aliphatic rings. The number of hydrogen-bond acceptors (Lipinski definition) is 4. The Morgan fingerprint density at radius 2 is 1.35 bits per heavy atom. The predicted molar refractivity (Wildman–Crippen MR) is 146 cm³/mol. The Hall–Kier alpha value is -2.76. The van der Waals surface area contributed by atoms with Crippen LogP contribution in [0.1, 0.15) is 85.0 Å². The highest BCUT2D eigenvalue weighted by atomic mass is 16.2. The third-order valence-electron chi connectivity index (χ3n) is 8.19. The molecule has 2 heterocycles. The normalized spacial score (nSPS) is 26.5. The number of hydrogen-bond donors (Lipinski definition) is 0. The van der Waals surface area contributed by atoms with Crippen LogP contribution in [0.25, 0.3) is 0 Å². The molecular weight excluding hydrogens is 464 g/mol. The molecule has 202 valence electrons. The van der Waals surface area contributed by atoms with Crippen molar-refractivity contribution in [2.45, 2.75) is 91.0 Å². The average Bonchev–Trinajstić information content (AvgIpc) is 3.39. The molecule has 5 atom stereocenters. The lowest BCUT2D eigenvalue weighted by Gasteiger charge is -2.45. The minimum atomic E-state index is -0.345. The second-order valence-corrected chi connectivity index (χ2v) is 10.7. The molecule has 0 aromatic carbocycles. The van der Waals surface area contributed by atoms with E-state index >= 15 is 0 Å². The minimum Gasteiger partial charge on any atom is -0.275 e. The molecule has 0 N–H and O–H groups in total. The quantitative estimate of drug-likeness (QED) is 0.160. The molecule has 0 fully saturated rings. The molecule has 0 saturated carbocycles. The summed E-state index contributed by atoms with van der Waals surface area (Å²) in [6.07, 6.45) is 25.6. The monoisotopic (exact) mass is 508 g/mol. The third-order valence-corrected chi connectivity index (χ3v) is 8.19. The average molecular weight is 509 g/mol. The molecule has 2 aliphatic heterocycles. The van der Waals surface area contributed by atoms with Crippen molar-refractivity contribution in [3.63, 3.8) is 0 Å². The minimum absolute atomic E-state index is 0.0598. The predicted octanol–water partition coefficient (Wildman–Crippen LogP) is 5.76. The summed E-state index contributed by atoms with van der Waals surface area (Å²) in [6, 6.07) is -0.345. The fourth-order valence-electron chi connectivity index (χ4n) is 6.20. The number of imide groups is 2. The van der Waals surface area contributed by atoms with E-state index in [0.717, 1.165) is 25.7 Å². The lowest BCUT2D eigenvalue weighted by atomic mass is 9.64. The molecular formula is C31H44N2O4. The summed E-state index contributed by atoms with van der Waals surface area (Å²) in [5.41, 5.74) is 0. The van der Waals surface area contributed by atoms with Gasteiger partial charge in [-0.25, -0.2) is 0 Å². The molecule has 4 amide bonds. The zero-order valence-corrected chi connectivity index (χ0v) is 22.8. The van der Waals surface area contributed by atoms with E-state index < -0.39 is 0 Å². The lowest BCUT2D eigenvalue weighted by molar-refractivity contribution is -0.144. The van der Waals surface area contributed by atoms with Gasteiger partial charge in [-0.3, -0.25) is 29.0 Å². The Balaban J connectivity index is 1.89. The topological polar surface area (TPSA) is 74.8 Å². The van der Waals surface area contributed by atoms with E-state index in [9.17, 15) is 19.2 Å². The molecule has 6 nitrogen and oxygen atoms in total. The van der Waals surface area contributed by atoms with Crippen molar-refractivity contribution in [1.29, 1.82) is 0 Å². The first kappa shape index (κ1) is 28.8. The molecule has 0 aromatic rings. The number of rotatable bonds is 15. The maximum Gasteiger partial charge on any atom is 0.253 e. The van der Waals surface area contributed by atoms with Crippen LogP contribution in [-0.2, 0) is 19.2 Å². The van der Waals surface area contributed by atoms with Crippen LogP contribution >= 0.6 is 0 Å². The fourth-order valence-corrected chi connectivity index (χ4v) is 6.20. The third kappa shape index (κ3) is 7.39. The van der Waals surface area contributed by atoms with Gasteiger partial charge in [0.2, 0.25) is 0 Å². The van der Waals surface area contributed by atoms with Gasteiger partial charge >= 0.3 is 0 Å². The highest BCUT2D eigenvalue weighted by Crippen LogP contribution is 2.43. The van der Waals surface area contributed by atoms with Gasteiger partial charge in [0.25, 0.3) is 23.6 Å². The molecule has 37 heavy (non-hydrogen) atoms. The van der Waals surface area contributed by atoms with Gasteiger partial charge in [0, 0.05) is 42.8 Å². The summed E-state index contributed by atoms with van der Waals surface area (Å²) < 4.78 is 0. The van der Waals surface area contributed by atoms with Crippen LogP contribution in [0.15, 0.2) is 48.6 Å². The van der Waals surface area contributed by atoms with E-state index in [1.54, 1.807) is 0 Å². The van der Waals surface area contributed by atoms with Crippen molar-refractivity contribution < 1.29 is 19.2 Å². The van der Waals surface area contributed by atoms with Crippen LogP contribution in [0.3, 0.4) is 0 Å². The summed E-state index contributed by atoms with van der Waals surface area (Å²) >= 11 is 0. The van der Waals surface area contributed by atoms with Crippen molar-refractivity contribution in [1.82, 2.24) is 9.80 Å². The second-order valence-electron chi connectivity index (χ2n) is 10.7. The molecule has 1 aliphatic carbocycles. The summed E-state index contributed by atoms with van der Waals surface area (Å²) in [5.74, 6) is -0.823. The van der Waals surface area contributed by atoms with E-state index in [4.69, 9.17) is 0 Å². The Morgan fingerprint density at radius 1 is 0.757 bits per heavy atom. The molecule has 3 rings (SSSR count). The van der Waals surface area contributed by atoms with E-state index in [-0.39, 0.29) is 54.0 Å². The second kappa shape index (κ2) is 14.3. The van der Waals surface area contributed by atoms with Crippen LogP contribution in [-0.4, -0.2) is 46.0 Å². The number of unbranched alkanes of at least 4 members (excludes halogenated alkanes) is 6. The Kier molecular flexibility index (Phi) is 11.1. The van der Waals surface area contributed by atoms with Gasteiger partial charge in [-0.2, -0.15) is 0 Å². The first-order valence-corrected chi connectivity index (χ1v) is 14.3. The number of carbonyl (C=O) groups is 4. The maximum atomic E-state index is 12.7. The number of carbonyl (C=O) groups excluding carboxylic acids is 4. The maximum absolute atomic E-state index is 12.7. The fraction of sp³-hybridized carbons (Fsp3) is 0.613. The van der Waals surface area contributed by atoms with Crippen LogP contribution in [0, 0.1) is 23.7 Å². The zero-order chi connectivity index (χ0) is 26.8. The molecule has 0 aromatic heterocycles. The van der Waals surface area contributed by atoms with Crippen molar-refractivity contribution in [3.8, 4) is 0 Å². The van der Waals surface area contributed by atoms with E-state index in [2.05, 4.69) is 38.2 Å². The first-order chi connectivity index (χ1) is 17.9. The molecule has 0 saturated heterocycles. The van der Waals surface area contributed by atoms with Crippen molar-refractivity contribution in [2.75, 3.05) is 6.54 Å². The SMILES string of the molecule is CCCCC/C=C/CC1C(CCCCCC)C=CC(CN2C(=O)C=CC2=O)C1C(C)N1C(=O)C=CC1=O. The van der Waals surface area contributed by atoms with Crippen molar-refractivity contribution >= 4 is 23.6 Å². The first-order valence-electron chi connectivity index (χ1n) is 14.3. The summed E-state index contributed by atoms with van der Waals surface area (Å²) in [5, 5.41) is 0. The van der Waals surface area contributed by atoms with Gasteiger partial charge < -0.3 is 0 Å². The van der Waals surface area contributed by atoms with E-state index in [1.807, 2.05) is 6.92 Å². The number of nitrogens with zero attached hydrogens (tertiary/aromatic N) is 2. The lowest BCUT2D eigenvalue weighted by Crippen LogP contribution is -2.51. The molecule has 0 bridgehead atoms. The van der Waals surface area contributed by atoms with Crippen molar-refractivity contribution in [3.05, 3.63) is 48.6 Å². The molecule has 0 spiro atoms. The highest BCUT2D eigenvalue weighted by molar-refractivity contribution is 6.13. The largest absolute Gasteiger partial charge is 0.275 e. The van der Waals surface area contributed by atoms with Gasteiger partial charge in [-0.15, -0.1) is 0 Å². The van der Waals surface area contributed by atoms with Crippen LogP contribution in [0.4, 0.5) is 0 Å². The Bertz CT molecular complexity index is 911. The van der Waals surface area contributed by atoms with Crippen LogP contribution in [0.5, 0.6) is 0 Å². The van der Waals surface area contributed by atoms with Gasteiger partial charge in [-0.1, -0.05) is 76.7 Å². The number of amides is 4. The molecule has 5 unspecified atom stereocenters. The Labute approximate surface area is 222 Å². The van der Waals surface area contributed by atoms with E-state index in [1.165, 1.54) is 72.6 Å². The van der Waals surface area contributed by atoms with Crippen LogP contribution in [0.2, 0.25) is 0 Å². The van der Waals surface area contributed by atoms with E-state index in [0.29, 0.717) is 5.92 Å². The standard InChI is InChI=1S/C31H44N2O4/c1-4-6-8-10-11-13-15-26-24(14-12-9-7-5-2)16-17-25(22-32-27(34)18-19-28(32)35)31(26)23(3)33-29(36)20-21-30(33)37/h11,13,16-21,23-26,31H,4-10,12,14-15,22H2,1-3H3/b13-11+. The summed E-state index contributed by atoms with van der Waals surface area (Å²) in [4.78, 5) is 52.8. The Morgan fingerprint density at radius 3 is 2.00 bits per heavy atom. The highest BCUT2D eigenvalue weighted by Gasteiger charge is 2.44. The van der Waals surface area contributed by atoms with Crippen molar-refractivity contribution in [2.24, 2.45) is 23.7 Å². The van der Waals surface area contributed by atoms with Crippen LogP contribution < -0.4 is 0 Å². The van der Waals surface area contributed by atoms with Gasteiger partial charge in [0.05, 0.1) is 0 Å². The molecule has 6 heteroatoms. The van der Waals surface area contributed by atoms with Gasteiger partial charge in [0.15, 0.2) is 0 Å². The van der Waals surface area contributed by atoms with Gasteiger partial charge in [-0.05, 0) is 50.4 Å². The van der Waals surface area contributed by atoms with Gasteiger partial charge in [0.1, 0.15) is 0 Å². The number of allylic oxidation sites excluding steroid dienone is 3. The molecule has 0 radical (unpaired) electrons. The summed E-state index contributed by atoms with van der Waals surface area (Å²) in [7, 11) is 0.